The summed E-state index contributed by atoms with van der Waals surface area (Å²) >= 11 is 0. The van der Waals surface area contributed by atoms with Crippen molar-refractivity contribution in [1.29, 1.82) is 0 Å². The van der Waals surface area contributed by atoms with Crippen LogP contribution >= 0.6 is 0 Å². The molecule has 0 aromatic heterocycles. The molecule has 0 radical (unpaired) electrons. The molecule has 2 amide bonds. The topological polar surface area (TPSA) is 76.3 Å². The van der Waals surface area contributed by atoms with Crippen LogP contribution < -0.4 is 25.2 Å². The fourth-order valence-electron chi connectivity index (χ4n) is 3.94. The first-order valence-electron chi connectivity index (χ1n) is 10.5. The van der Waals surface area contributed by atoms with Crippen molar-refractivity contribution < 1.29 is 24.1 Å². The van der Waals surface area contributed by atoms with Crippen molar-refractivity contribution in [2.75, 3.05) is 45.9 Å². The molecule has 0 unspecified atom stereocenters. The van der Waals surface area contributed by atoms with E-state index in [4.69, 9.17) is 4.74 Å². The number of nitrogens with one attached hydrogen (secondary N) is 4. The first kappa shape index (κ1) is 20.6. The Kier molecular flexibility index (Phi) is 7.28. The predicted octanol–water partition coefficient (Wildman–Crippen LogP) is -2.06. The zero-order chi connectivity index (χ0) is 19.9. The van der Waals surface area contributed by atoms with Gasteiger partial charge in [-0.1, -0.05) is 6.92 Å². The maximum atomic E-state index is 12.3. The number of carbonyl (C=O) groups excluding carboxylic acids is 2. The van der Waals surface area contributed by atoms with Gasteiger partial charge in [0, 0.05) is 18.5 Å². The van der Waals surface area contributed by atoms with Crippen LogP contribution in [0.25, 0.3) is 0 Å². The fraction of sp³-hybridized carbons (Fsp3) is 0.619. The summed E-state index contributed by atoms with van der Waals surface area (Å²) < 4.78 is 5.58. The van der Waals surface area contributed by atoms with Gasteiger partial charge in [0.1, 0.15) is 44.5 Å². The Bertz CT molecular complexity index is 686. The van der Waals surface area contributed by atoms with Crippen LogP contribution in [0.15, 0.2) is 18.2 Å². The Morgan fingerprint density at radius 2 is 1.93 bits per heavy atom. The number of hydrogen-bond donors (Lipinski definition) is 4. The summed E-state index contributed by atoms with van der Waals surface area (Å²) in [6.45, 7) is 10.7. The van der Waals surface area contributed by atoms with Gasteiger partial charge in [0.2, 0.25) is 5.91 Å². The number of carbonyl (C=O) groups is 2. The molecule has 7 heteroatoms. The third-order valence-electron chi connectivity index (χ3n) is 5.60. The van der Waals surface area contributed by atoms with Gasteiger partial charge in [-0.2, -0.15) is 0 Å². The van der Waals surface area contributed by atoms with E-state index in [1.807, 2.05) is 6.92 Å². The lowest BCUT2D eigenvalue weighted by atomic mass is 10.1. The minimum absolute atomic E-state index is 0.0452. The lowest BCUT2D eigenvalue weighted by Crippen LogP contribution is -3.28. The molecule has 2 aliphatic rings. The minimum atomic E-state index is -0.478. The maximum Gasteiger partial charge on any atom is 0.275 e. The van der Waals surface area contributed by atoms with Gasteiger partial charge in [-0.25, -0.2) is 0 Å². The van der Waals surface area contributed by atoms with Crippen LogP contribution in [0.1, 0.15) is 31.4 Å². The third kappa shape index (κ3) is 5.69. The molecular weight excluding hydrogens is 356 g/mol. The van der Waals surface area contributed by atoms with Gasteiger partial charge in [0.05, 0.1) is 6.61 Å². The van der Waals surface area contributed by atoms with Gasteiger partial charge < -0.3 is 25.2 Å². The van der Waals surface area contributed by atoms with Crippen LogP contribution in [0.4, 0.5) is 0 Å². The molecule has 1 fully saturated rings. The molecule has 0 aliphatic carbocycles. The molecule has 1 saturated heterocycles. The fourth-order valence-corrected chi connectivity index (χ4v) is 3.94. The van der Waals surface area contributed by atoms with E-state index in [0.717, 1.165) is 57.9 Å². The monoisotopic (exact) mass is 390 g/mol. The molecule has 3 rings (SSSR count). The van der Waals surface area contributed by atoms with Crippen LogP contribution in [-0.4, -0.2) is 63.7 Å². The number of fused-ring (bicyclic) bond motifs is 1. The van der Waals surface area contributed by atoms with Gasteiger partial charge in [0.15, 0.2) is 6.54 Å². The highest BCUT2D eigenvalue weighted by atomic mass is 16.5. The average Bonchev–Trinajstić information content (AvgIpc) is 3.15. The van der Waals surface area contributed by atoms with Gasteiger partial charge >= 0.3 is 0 Å². The van der Waals surface area contributed by atoms with Crippen LogP contribution in [0, 0.1) is 0 Å². The summed E-state index contributed by atoms with van der Waals surface area (Å²) in [6.07, 6.45) is 1.91. The van der Waals surface area contributed by atoms with Gasteiger partial charge in [-0.05, 0) is 37.1 Å². The second-order valence-corrected chi connectivity index (χ2v) is 7.97. The lowest BCUT2D eigenvalue weighted by Gasteiger charge is -2.29. The van der Waals surface area contributed by atoms with Crippen molar-refractivity contribution in [1.82, 2.24) is 10.6 Å². The average molecular weight is 391 g/mol. The summed E-state index contributed by atoms with van der Waals surface area (Å²) in [7, 11) is 0. The molecule has 7 nitrogen and oxygen atoms in total. The Morgan fingerprint density at radius 1 is 1.18 bits per heavy atom. The highest BCUT2D eigenvalue weighted by Gasteiger charge is 2.26. The first-order valence-corrected chi connectivity index (χ1v) is 10.5. The molecular formula is C21H34N4O3+2. The van der Waals surface area contributed by atoms with Crippen molar-refractivity contribution in [3.63, 3.8) is 0 Å². The quantitative estimate of drug-likeness (QED) is 0.412. The van der Waals surface area contributed by atoms with E-state index >= 15 is 0 Å². The van der Waals surface area contributed by atoms with Crippen molar-refractivity contribution in [3.05, 3.63) is 29.3 Å². The number of quaternary nitrogens is 2. The summed E-state index contributed by atoms with van der Waals surface area (Å²) in [4.78, 5) is 27.0. The van der Waals surface area contributed by atoms with E-state index in [0.29, 0.717) is 13.1 Å². The Morgan fingerprint density at radius 3 is 2.68 bits per heavy atom. The largest absolute Gasteiger partial charge is 0.493 e. The SMILES string of the molecule is CCCNC(=O)[C@@H](C)NC(=O)C[NH+]1CC[NH+](Cc2ccc3c(c2)CCO3)CC1. The Labute approximate surface area is 167 Å². The number of ether oxygens (including phenoxy) is 1. The molecule has 28 heavy (non-hydrogen) atoms. The number of benzene rings is 1. The molecule has 0 bridgehead atoms. The van der Waals surface area contributed by atoms with Gasteiger partial charge in [0.25, 0.3) is 5.91 Å². The van der Waals surface area contributed by atoms with Gasteiger partial charge in [-0.15, -0.1) is 0 Å². The number of hydrogen-bond acceptors (Lipinski definition) is 3. The summed E-state index contributed by atoms with van der Waals surface area (Å²) in [5.41, 5.74) is 2.70. The van der Waals surface area contributed by atoms with E-state index in [1.54, 1.807) is 11.8 Å². The molecule has 0 spiro atoms. The Hall–Kier alpha value is -2.12. The van der Waals surface area contributed by atoms with Crippen molar-refractivity contribution >= 4 is 11.8 Å². The number of amides is 2. The lowest BCUT2D eigenvalue weighted by molar-refractivity contribution is -1.02. The summed E-state index contributed by atoms with van der Waals surface area (Å²) in [6, 6.07) is 6.08. The molecule has 2 aliphatic heterocycles. The molecule has 0 saturated carbocycles. The molecule has 1 aromatic rings. The minimum Gasteiger partial charge on any atom is -0.493 e. The van der Waals surface area contributed by atoms with E-state index in [-0.39, 0.29) is 11.8 Å². The second-order valence-electron chi connectivity index (χ2n) is 7.97. The Balaban J connectivity index is 1.38. The third-order valence-corrected chi connectivity index (χ3v) is 5.60. The van der Waals surface area contributed by atoms with Crippen molar-refractivity contribution in [2.24, 2.45) is 0 Å². The van der Waals surface area contributed by atoms with Gasteiger partial charge in [-0.3, -0.25) is 9.59 Å². The van der Waals surface area contributed by atoms with Crippen LogP contribution in [-0.2, 0) is 22.6 Å². The highest BCUT2D eigenvalue weighted by Crippen LogP contribution is 2.25. The molecule has 2 heterocycles. The van der Waals surface area contributed by atoms with E-state index in [1.165, 1.54) is 16.0 Å². The summed E-state index contributed by atoms with van der Waals surface area (Å²) in [5.74, 6) is 0.882. The van der Waals surface area contributed by atoms with Crippen LogP contribution in [0.2, 0.25) is 0 Å². The first-order chi connectivity index (χ1) is 13.5. The maximum absolute atomic E-state index is 12.3. The van der Waals surface area contributed by atoms with Crippen molar-refractivity contribution in [3.8, 4) is 5.75 Å². The van der Waals surface area contributed by atoms with E-state index in [2.05, 4.69) is 28.8 Å². The van der Waals surface area contributed by atoms with E-state index in [9.17, 15) is 9.59 Å². The van der Waals surface area contributed by atoms with Crippen molar-refractivity contribution in [2.45, 2.75) is 39.3 Å². The number of rotatable bonds is 8. The normalized spacial score (nSPS) is 22.1. The smallest absolute Gasteiger partial charge is 0.275 e. The predicted molar refractivity (Wildman–Crippen MR) is 107 cm³/mol. The molecule has 154 valence electrons. The van der Waals surface area contributed by atoms with Crippen LogP contribution in [0.5, 0.6) is 5.75 Å². The molecule has 1 aromatic carbocycles. The molecule has 1 atom stereocenters. The molecule has 4 N–H and O–H groups in total. The zero-order valence-electron chi connectivity index (χ0n) is 17.1. The summed E-state index contributed by atoms with van der Waals surface area (Å²) in [5, 5.41) is 5.63. The van der Waals surface area contributed by atoms with E-state index < -0.39 is 6.04 Å². The number of piperazine rings is 1. The zero-order valence-corrected chi connectivity index (χ0v) is 17.1. The second kappa shape index (κ2) is 9.89. The standard InChI is InChI=1S/C21H32N4O3/c1-3-7-22-21(27)16(2)23-20(26)15-25-10-8-24(9-11-25)14-17-4-5-19-18(13-17)6-12-28-19/h4-5,13,16H,3,6-12,14-15H2,1-2H3,(H,22,27)(H,23,26)/p+2/t16-/m1/s1. The van der Waals surface area contributed by atoms with Crippen LogP contribution in [0.3, 0.4) is 0 Å². The highest BCUT2D eigenvalue weighted by molar-refractivity contribution is 5.87.